The number of hydrogen-bond donors (Lipinski definition) is 1. The molecule has 1 heterocycles. The molecule has 5 fully saturated rings. The number of fused-ring (bicyclic) bond motifs is 7. The number of carbonyl (C=O) groups is 1. The molecule has 4 aliphatic carbocycles. The monoisotopic (exact) mass is 424 g/mol. The minimum atomic E-state index is -1.25. The fourth-order valence-electron chi connectivity index (χ4n) is 8.82. The molecule has 4 nitrogen and oxygen atoms in total. The maximum atomic E-state index is 12.2. The lowest BCUT2D eigenvalue weighted by Crippen LogP contribution is -2.58. The van der Waals surface area contributed by atoms with Crippen LogP contribution in [0, 0.1) is 34.5 Å². The van der Waals surface area contributed by atoms with E-state index in [2.05, 4.69) is 20.8 Å². The number of rotatable bonds is 1. The van der Waals surface area contributed by atoms with Crippen molar-refractivity contribution in [2.24, 2.45) is 34.5 Å². The molecule has 1 aromatic carbocycles. The lowest BCUT2D eigenvalue weighted by Gasteiger charge is -2.60. The van der Waals surface area contributed by atoms with Gasteiger partial charge in [0, 0.05) is 30.2 Å². The lowest BCUT2D eigenvalue weighted by atomic mass is 9.44. The Morgan fingerprint density at radius 3 is 2.52 bits per heavy atom. The van der Waals surface area contributed by atoms with Crippen LogP contribution in [0.2, 0.25) is 0 Å². The van der Waals surface area contributed by atoms with E-state index in [1.165, 1.54) is 12.8 Å². The number of aliphatic hydroxyl groups is 1. The predicted octanol–water partition coefficient (Wildman–Crippen LogP) is 5.40. The highest BCUT2D eigenvalue weighted by Gasteiger charge is 2.76. The molecule has 1 saturated heterocycles. The van der Waals surface area contributed by atoms with Crippen molar-refractivity contribution >= 4 is 5.78 Å². The molecule has 0 radical (unpaired) electrons. The highest BCUT2D eigenvalue weighted by molar-refractivity contribution is 5.79. The molecule has 168 valence electrons. The molecule has 4 saturated carbocycles. The average Bonchev–Trinajstić information content (AvgIpc) is 3.12. The van der Waals surface area contributed by atoms with Gasteiger partial charge in [-0.1, -0.05) is 44.2 Å². The van der Waals surface area contributed by atoms with Gasteiger partial charge < -0.3 is 14.6 Å². The van der Waals surface area contributed by atoms with Crippen molar-refractivity contribution < 1.29 is 19.4 Å². The number of carbonyl (C=O) groups excluding carboxylic acids is 1. The summed E-state index contributed by atoms with van der Waals surface area (Å²) in [4.78, 5) is 12.2. The minimum absolute atomic E-state index is 0.111. The highest BCUT2D eigenvalue weighted by Crippen LogP contribution is 2.73. The van der Waals surface area contributed by atoms with Gasteiger partial charge >= 0.3 is 0 Å². The van der Waals surface area contributed by atoms with Gasteiger partial charge in [-0.15, -0.1) is 0 Å². The zero-order valence-corrected chi connectivity index (χ0v) is 19.1. The van der Waals surface area contributed by atoms with Gasteiger partial charge in [0.2, 0.25) is 0 Å². The molecule has 1 N–H and O–H groups in total. The Balaban J connectivity index is 1.32. The van der Waals surface area contributed by atoms with E-state index in [4.69, 9.17) is 9.47 Å². The molecule has 1 aliphatic heterocycles. The predicted molar refractivity (Wildman–Crippen MR) is 117 cm³/mol. The van der Waals surface area contributed by atoms with Crippen molar-refractivity contribution in [1.29, 1.82) is 0 Å². The highest BCUT2D eigenvalue weighted by atomic mass is 16.8. The second kappa shape index (κ2) is 6.42. The summed E-state index contributed by atoms with van der Waals surface area (Å²) in [5, 5.41) is 11.8. The van der Waals surface area contributed by atoms with Crippen LogP contribution in [0.5, 0.6) is 0 Å². The standard InChI is InChI=1S/C27H36O4/c1-24-13-11-19(28)15-18(24)9-10-20-21(24)12-14-25(2)22(20)16-27(29)26(25,3)30-23(31-27)17-7-5-4-6-8-17/h4-8,18,20-23,29H,9-16H2,1-3H3/t18-,20+,21-,22-,23+,24-,25-,26+,27-/m0/s1. The molecular weight excluding hydrogens is 388 g/mol. The smallest absolute Gasteiger partial charge is 0.199 e. The topological polar surface area (TPSA) is 55.8 Å². The van der Waals surface area contributed by atoms with Gasteiger partial charge in [0.1, 0.15) is 11.4 Å². The number of benzene rings is 1. The normalized spacial score (nSPS) is 53.4. The molecule has 6 rings (SSSR count). The Morgan fingerprint density at radius 2 is 1.74 bits per heavy atom. The number of Topliss-reactive ketones (excluding diaryl/α,β-unsaturated/α-hetero) is 1. The van der Waals surface area contributed by atoms with Crippen LogP contribution in [0.1, 0.15) is 84.0 Å². The summed E-state index contributed by atoms with van der Waals surface area (Å²) in [6.45, 7) is 6.92. The van der Waals surface area contributed by atoms with Crippen LogP contribution in [0.4, 0.5) is 0 Å². The Morgan fingerprint density at radius 1 is 0.968 bits per heavy atom. The first-order valence-corrected chi connectivity index (χ1v) is 12.3. The second-order valence-corrected chi connectivity index (χ2v) is 11.9. The SMILES string of the molecule is C[C@]12CCC(=O)C[C@@H]1CC[C@@H]1[C@@H]2CC[C@@]2(C)[C@H]1C[C@]1(O)O[C@H](c3ccccc3)O[C@]21C. The maximum Gasteiger partial charge on any atom is 0.199 e. The van der Waals surface area contributed by atoms with Gasteiger partial charge in [-0.3, -0.25) is 4.79 Å². The number of ether oxygens (including phenoxy) is 2. The van der Waals surface area contributed by atoms with E-state index in [0.29, 0.717) is 35.9 Å². The van der Waals surface area contributed by atoms with Crippen molar-refractivity contribution in [3.05, 3.63) is 35.9 Å². The molecule has 1 aromatic rings. The molecule has 31 heavy (non-hydrogen) atoms. The number of hydrogen-bond acceptors (Lipinski definition) is 4. The Kier molecular flexibility index (Phi) is 4.22. The first kappa shape index (κ1) is 20.4. The van der Waals surface area contributed by atoms with Crippen molar-refractivity contribution in [3.8, 4) is 0 Å². The lowest BCUT2D eigenvalue weighted by molar-refractivity contribution is -0.213. The van der Waals surface area contributed by atoms with Crippen molar-refractivity contribution in [2.45, 2.75) is 89.8 Å². The Bertz CT molecular complexity index is 900. The van der Waals surface area contributed by atoms with E-state index in [1.807, 2.05) is 30.3 Å². The molecular formula is C27H36O4. The molecule has 9 atom stereocenters. The van der Waals surface area contributed by atoms with Crippen molar-refractivity contribution in [3.63, 3.8) is 0 Å². The summed E-state index contributed by atoms with van der Waals surface area (Å²) in [5.41, 5.74) is 0.421. The average molecular weight is 425 g/mol. The third kappa shape index (κ3) is 2.50. The third-order valence-electron chi connectivity index (χ3n) is 10.9. The van der Waals surface area contributed by atoms with Crippen LogP contribution < -0.4 is 0 Å². The van der Waals surface area contributed by atoms with Crippen LogP contribution in [-0.2, 0) is 14.3 Å². The van der Waals surface area contributed by atoms with E-state index in [0.717, 1.165) is 37.7 Å². The van der Waals surface area contributed by atoms with Gasteiger partial charge in [-0.2, -0.15) is 0 Å². The molecule has 0 aromatic heterocycles. The van der Waals surface area contributed by atoms with E-state index in [9.17, 15) is 9.90 Å². The summed E-state index contributed by atoms with van der Waals surface area (Å²) in [7, 11) is 0. The Hall–Kier alpha value is -1.23. The largest absolute Gasteiger partial charge is 0.363 e. The van der Waals surface area contributed by atoms with Gasteiger partial charge in [0.25, 0.3) is 0 Å². The molecule has 0 amide bonds. The first-order chi connectivity index (χ1) is 14.7. The molecule has 0 unspecified atom stereocenters. The summed E-state index contributed by atoms with van der Waals surface area (Å²) in [6, 6.07) is 10.0. The van der Waals surface area contributed by atoms with E-state index < -0.39 is 17.7 Å². The molecule has 5 aliphatic rings. The van der Waals surface area contributed by atoms with Gasteiger partial charge in [-0.05, 0) is 68.1 Å². The zero-order valence-electron chi connectivity index (χ0n) is 19.1. The fraction of sp³-hybridized carbons (Fsp3) is 0.741. The number of ketones is 1. The van der Waals surface area contributed by atoms with Gasteiger partial charge in [-0.25, -0.2) is 0 Å². The van der Waals surface area contributed by atoms with Crippen molar-refractivity contribution in [1.82, 2.24) is 0 Å². The zero-order chi connectivity index (χ0) is 21.6. The molecule has 0 bridgehead atoms. The third-order valence-corrected chi connectivity index (χ3v) is 10.9. The van der Waals surface area contributed by atoms with E-state index in [1.54, 1.807) is 0 Å². The Labute approximate surface area is 185 Å². The second-order valence-electron chi connectivity index (χ2n) is 11.9. The summed E-state index contributed by atoms with van der Waals surface area (Å²) in [6.07, 6.45) is 7.29. The van der Waals surface area contributed by atoms with E-state index in [-0.39, 0.29) is 10.8 Å². The quantitative estimate of drug-likeness (QED) is 0.656. The summed E-state index contributed by atoms with van der Waals surface area (Å²) in [5.74, 6) is 1.40. The van der Waals surface area contributed by atoms with Crippen LogP contribution >= 0.6 is 0 Å². The van der Waals surface area contributed by atoms with Crippen LogP contribution in [0.25, 0.3) is 0 Å². The van der Waals surface area contributed by atoms with Crippen LogP contribution in [0.15, 0.2) is 30.3 Å². The van der Waals surface area contributed by atoms with Crippen LogP contribution in [-0.4, -0.2) is 22.3 Å². The first-order valence-electron chi connectivity index (χ1n) is 12.3. The fourth-order valence-corrected chi connectivity index (χ4v) is 8.82. The van der Waals surface area contributed by atoms with Crippen molar-refractivity contribution in [2.75, 3.05) is 0 Å². The maximum absolute atomic E-state index is 12.2. The minimum Gasteiger partial charge on any atom is -0.363 e. The molecule has 4 heteroatoms. The summed E-state index contributed by atoms with van der Waals surface area (Å²) >= 11 is 0. The summed E-state index contributed by atoms with van der Waals surface area (Å²) < 4.78 is 13.0. The van der Waals surface area contributed by atoms with Crippen LogP contribution in [0.3, 0.4) is 0 Å². The van der Waals surface area contributed by atoms with E-state index >= 15 is 0 Å². The molecule has 0 spiro atoms. The van der Waals surface area contributed by atoms with Gasteiger partial charge in [0.05, 0.1) is 0 Å². The van der Waals surface area contributed by atoms with Gasteiger partial charge in [0.15, 0.2) is 12.1 Å².